The van der Waals surface area contributed by atoms with Crippen molar-refractivity contribution in [2.75, 3.05) is 32.8 Å². The van der Waals surface area contributed by atoms with Gasteiger partial charge in [-0.15, -0.1) is 0 Å². The molecule has 1 N–H and O–H groups in total. The predicted molar refractivity (Wildman–Crippen MR) is 79.3 cm³/mol. The monoisotopic (exact) mass is 297 g/mol. The molecule has 1 unspecified atom stereocenters. The van der Waals surface area contributed by atoms with Gasteiger partial charge < -0.3 is 5.32 Å². The lowest BCUT2D eigenvalue weighted by Crippen LogP contribution is -2.57. The maximum atomic E-state index is 12.3. The third kappa shape index (κ3) is 4.68. The molecule has 0 bridgehead atoms. The number of hydrogen-bond acceptors (Lipinski definition) is 4. The first-order valence-electron chi connectivity index (χ1n) is 8.03. The lowest BCUT2D eigenvalue weighted by atomic mass is 10.1. The molecule has 1 atom stereocenters. The van der Waals surface area contributed by atoms with Crippen molar-refractivity contribution >= 4 is 11.8 Å². The molecule has 2 fully saturated rings. The van der Waals surface area contributed by atoms with Crippen molar-refractivity contribution in [1.29, 1.82) is 0 Å². The fraction of sp³-hybridized carbons (Fsp3) is 0.867. The van der Waals surface area contributed by atoms with Crippen LogP contribution in [0.15, 0.2) is 0 Å². The van der Waals surface area contributed by atoms with Crippen molar-refractivity contribution in [2.24, 2.45) is 5.92 Å². The van der Waals surface area contributed by atoms with Crippen LogP contribution in [0.4, 0.5) is 0 Å². The van der Waals surface area contributed by atoms with Gasteiger partial charge in [0.1, 0.15) is 0 Å². The summed E-state index contributed by atoms with van der Waals surface area (Å²) in [6.07, 6.45) is 3.22. The van der Waals surface area contributed by atoms with E-state index in [2.05, 4.69) is 24.1 Å². The molecule has 0 aliphatic carbocycles. The average Bonchev–Trinajstić information content (AvgIpc) is 2.48. The molecule has 6 nitrogen and oxygen atoms in total. The molecule has 2 aliphatic heterocycles. The van der Waals surface area contributed by atoms with Crippen LogP contribution in [0, 0.1) is 5.92 Å². The molecule has 0 radical (unpaired) electrons. The van der Waals surface area contributed by atoms with Gasteiger partial charge in [0.05, 0.1) is 19.1 Å². The minimum Gasteiger partial charge on any atom is -0.353 e. The van der Waals surface area contributed by atoms with Crippen LogP contribution < -0.4 is 5.32 Å². The van der Waals surface area contributed by atoms with E-state index in [-0.39, 0.29) is 24.3 Å². The van der Waals surface area contributed by atoms with Crippen molar-refractivity contribution in [2.45, 2.75) is 45.6 Å². The van der Waals surface area contributed by atoms with Gasteiger partial charge in [-0.05, 0) is 31.7 Å². The first-order valence-corrected chi connectivity index (χ1v) is 8.03. The molecule has 6 heteroatoms. The zero-order valence-electron chi connectivity index (χ0n) is 13.1. The van der Waals surface area contributed by atoms with Crippen LogP contribution in [-0.2, 0) is 14.4 Å². The Kier molecular flexibility index (Phi) is 5.99. The first-order chi connectivity index (χ1) is 10.1. The van der Waals surface area contributed by atoms with Gasteiger partial charge in [-0.25, -0.2) is 5.06 Å². The van der Waals surface area contributed by atoms with Gasteiger partial charge >= 0.3 is 0 Å². The van der Waals surface area contributed by atoms with Gasteiger partial charge in [0.2, 0.25) is 11.8 Å². The molecule has 2 aliphatic rings. The maximum absolute atomic E-state index is 12.3. The van der Waals surface area contributed by atoms with E-state index >= 15 is 0 Å². The van der Waals surface area contributed by atoms with Crippen molar-refractivity contribution < 1.29 is 14.4 Å². The van der Waals surface area contributed by atoms with Gasteiger partial charge in [0.25, 0.3) is 0 Å². The van der Waals surface area contributed by atoms with Crippen molar-refractivity contribution in [3.05, 3.63) is 0 Å². The Morgan fingerprint density at radius 3 is 2.86 bits per heavy atom. The quantitative estimate of drug-likeness (QED) is 0.814. The molecular formula is C15H27N3O3. The summed E-state index contributed by atoms with van der Waals surface area (Å²) in [6.45, 7) is 7.93. The Balaban J connectivity index is 1.92. The van der Waals surface area contributed by atoms with Crippen LogP contribution in [0.25, 0.3) is 0 Å². The Labute approximate surface area is 126 Å². The lowest BCUT2D eigenvalue weighted by molar-refractivity contribution is -0.198. The summed E-state index contributed by atoms with van der Waals surface area (Å²) in [5.41, 5.74) is 0. The molecule has 2 saturated heterocycles. The van der Waals surface area contributed by atoms with E-state index in [1.165, 1.54) is 5.06 Å². The van der Waals surface area contributed by atoms with E-state index < -0.39 is 0 Å². The summed E-state index contributed by atoms with van der Waals surface area (Å²) < 4.78 is 0. The van der Waals surface area contributed by atoms with E-state index in [0.29, 0.717) is 25.6 Å². The highest BCUT2D eigenvalue weighted by Gasteiger charge is 2.33. The highest BCUT2D eigenvalue weighted by Crippen LogP contribution is 2.15. The van der Waals surface area contributed by atoms with Gasteiger partial charge in [-0.3, -0.25) is 19.3 Å². The minimum atomic E-state index is -0.351. The molecule has 21 heavy (non-hydrogen) atoms. The van der Waals surface area contributed by atoms with E-state index in [1.807, 2.05) is 0 Å². The van der Waals surface area contributed by atoms with E-state index in [0.717, 1.165) is 32.4 Å². The molecule has 0 aromatic carbocycles. The summed E-state index contributed by atoms with van der Waals surface area (Å²) in [4.78, 5) is 31.9. The Morgan fingerprint density at radius 2 is 2.19 bits per heavy atom. The minimum absolute atomic E-state index is 0.0321. The number of nitrogens with zero attached hydrogens (tertiary/aromatic N) is 2. The largest absolute Gasteiger partial charge is 0.353 e. The number of amides is 2. The topological polar surface area (TPSA) is 61.9 Å². The van der Waals surface area contributed by atoms with Crippen LogP contribution in [0.3, 0.4) is 0 Å². The zero-order valence-corrected chi connectivity index (χ0v) is 13.1. The average molecular weight is 297 g/mol. The van der Waals surface area contributed by atoms with Crippen molar-refractivity contribution in [3.8, 4) is 0 Å². The molecule has 0 aromatic heterocycles. The van der Waals surface area contributed by atoms with Crippen LogP contribution in [0.1, 0.15) is 39.5 Å². The molecule has 0 spiro atoms. The molecule has 2 heterocycles. The van der Waals surface area contributed by atoms with Crippen LogP contribution in [0.5, 0.6) is 0 Å². The summed E-state index contributed by atoms with van der Waals surface area (Å²) in [6, 6.07) is -0.351. The smallest absolute Gasteiger partial charge is 0.248 e. The molecular weight excluding hydrogens is 270 g/mol. The van der Waals surface area contributed by atoms with E-state index in [9.17, 15) is 9.59 Å². The standard InChI is InChI=1S/C15H27N3O3/c1-12(2)5-8-17-9-6-16-15(20)13(17)11-14(19)18-7-3-4-10-21-18/h12-13H,3-11H2,1-2H3,(H,16,20). The summed E-state index contributed by atoms with van der Waals surface area (Å²) in [5, 5.41) is 4.30. The highest BCUT2D eigenvalue weighted by molar-refractivity contribution is 5.88. The third-order valence-corrected chi connectivity index (χ3v) is 4.08. The SMILES string of the molecule is CC(C)CCN1CCNC(=O)C1CC(=O)N1CCCCO1. The number of rotatable bonds is 5. The lowest BCUT2D eigenvalue weighted by Gasteiger charge is -2.36. The first kappa shape index (κ1) is 16.2. The second-order valence-electron chi connectivity index (χ2n) is 6.27. The number of piperazine rings is 1. The van der Waals surface area contributed by atoms with E-state index in [4.69, 9.17) is 4.84 Å². The fourth-order valence-corrected chi connectivity index (χ4v) is 2.74. The Bertz CT molecular complexity index is 367. The normalized spacial score (nSPS) is 24.2. The van der Waals surface area contributed by atoms with Crippen LogP contribution in [-0.4, -0.2) is 60.6 Å². The van der Waals surface area contributed by atoms with Gasteiger partial charge in [-0.1, -0.05) is 13.8 Å². The van der Waals surface area contributed by atoms with Gasteiger partial charge in [0, 0.05) is 19.6 Å². The second-order valence-corrected chi connectivity index (χ2v) is 6.27. The number of carbonyl (C=O) groups excluding carboxylic acids is 2. The Hall–Kier alpha value is -1.14. The van der Waals surface area contributed by atoms with E-state index in [1.54, 1.807) is 0 Å². The number of hydrogen-bond donors (Lipinski definition) is 1. The third-order valence-electron chi connectivity index (χ3n) is 4.08. The molecule has 120 valence electrons. The van der Waals surface area contributed by atoms with Gasteiger partial charge in [-0.2, -0.15) is 0 Å². The zero-order chi connectivity index (χ0) is 15.2. The van der Waals surface area contributed by atoms with Crippen molar-refractivity contribution in [3.63, 3.8) is 0 Å². The summed E-state index contributed by atoms with van der Waals surface area (Å²) in [7, 11) is 0. The number of nitrogens with one attached hydrogen (secondary N) is 1. The van der Waals surface area contributed by atoms with Crippen LogP contribution >= 0.6 is 0 Å². The van der Waals surface area contributed by atoms with Crippen molar-refractivity contribution in [1.82, 2.24) is 15.3 Å². The maximum Gasteiger partial charge on any atom is 0.248 e. The number of carbonyl (C=O) groups is 2. The molecule has 2 rings (SSSR count). The Morgan fingerprint density at radius 1 is 1.38 bits per heavy atom. The molecule has 0 saturated carbocycles. The molecule has 0 aromatic rings. The summed E-state index contributed by atoms with van der Waals surface area (Å²) in [5.74, 6) is 0.485. The fourth-order valence-electron chi connectivity index (χ4n) is 2.74. The van der Waals surface area contributed by atoms with Gasteiger partial charge in [0.15, 0.2) is 0 Å². The highest BCUT2D eigenvalue weighted by atomic mass is 16.7. The second kappa shape index (κ2) is 7.75. The predicted octanol–water partition coefficient (Wildman–Crippen LogP) is 0.777. The number of hydroxylamine groups is 2. The van der Waals surface area contributed by atoms with Crippen LogP contribution in [0.2, 0.25) is 0 Å². The molecule has 2 amide bonds. The summed E-state index contributed by atoms with van der Waals surface area (Å²) >= 11 is 0.